The minimum absolute atomic E-state index is 0.0189. The molecule has 0 fully saturated rings. The molecule has 0 aliphatic rings. The Hall–Kier alpha value is -2.33. The molecule has 0 amide bonds. The van der Waals surface area contributed by atoms with Crippen LogP contribution >= 0.6 is 0 Å². The molecule has 0 atom stereocenters. The molecule has 0 saturated heterocycles. The van der Waals surface area contributed by atoms with E-state index < -0.39 is 0 Å². The summed E-state index contributed by atoms with van der Waals surface area (Å²) in [6, 6.07) is 18.7. The van der Waals surface area contributed by atoms with Crippen LogP contribution in [0.2, 0.25) is 0 Å². The van der Waals surface area contributed by atoms with Gasteiger partial charge in [0.1, 0.15) is 0 Å². The summed E-state index contributed by atoms with van der Waals surface area (Å²) in [4.78, 5) is 4.26. The third-order valence-corrected chi connectivity index (χ3v) is 3.55. The van der Waals surface area contributed by atoms with Gasteiger partial charge in [0.15, 0.2) is 5.96 Å². The molecule has 0 spiro atoms. The van der Waals surface area contributed by atoms with Crippen molar-refractivity contribution >= 4 is 5.96 Å². The standard InChI is InChI=1S/C21H29N3O/c1-21(2,3)24-20(22-4)23-14-18-11-8-12-19(13-18)16-25-15-17-9-6-5-7-10-17/h5-13H,14-16H2,1-4H3,(H2,22,23,24). The highest BCUT2D eigenvalue weighted by atomic mass is 16.5. The summed E-state index contributed by atoms with van der Waals surface area (Å²) in [5.74, 6) is 0.804. The van der Waals surface area contributed by atoms with E-state index in [2.05, 4.69) is 72.8 Å². The van der Waals surface area contributed by atoms with E-state index in [4.69, 9.17) is 4.74 Å². The van der Waals surface area contributed by atoms with Crippen molar-refractivity contribution in [1.82, 2.24) is 10.6 Å². The summed E-state index contributed by atoms with van der Waals surface area (Å²) in [5.41, 5.74) is 3.55. The molecule has 0 radical (unpaired) electrons. The lowest BCUT2D eigenvalue weighted by Gasteiger charge is -2.23. The third kappa shape index (κ3) is 7.40. The summed E-state index contributed by atoms with van der Waals surface area (Å²) < 4.78 is 5.82. The first-order valence-corrected chi connectivity index (χ1v) is 8.64. The fourth-order valence-electron chi connectivity index (χ4n) is 2.41. The highest BCUT2D eigenvalue weighted by molar-refractivity contribution is 5.80. The first-order chi connectivity index (χ1) is 12.0. The summed E-state index contributed by atoms with van der Waals surface area (Å²) in [6.07, 6.45) is 0. The Morgan fingerprint density at radius 2 is 1.56 bits per heavy atom. The van der Waals surface area contributed by atoms with E-state index in [1.165, 1.54) is 16.7 Å². The molecule has 2 aromatic rings. The van der Waals surface area contributed by atoms with Crippen molar-refractivity contribution in [1.29, 1.82) is 0 Å². The van der Waals surface area contributed by atoms with E-state index in [0.29, 0.717) is 13.2 Å². The van der Waals surface area contributed by atoms with E-state index in [1.807, 2.05) is 18.2 Å². The molecular weight excluding hydrogens is 310 g/mol. The Morgan fingerprint density at radius 3 is 2.24 bits per heavy atom. The molecule has 134 valence electrons. The molecular formula is C21H29N3O. The van der Waals surface area contributed by atoms with E-state index in [1.54, 1.807) is 7.05 Å². The van der Waals surface area contributed by atoms with Gasteiger partial charge in [-0.2, -0.15) is 0 Å². The Morgan fingerprint density at radius 1 is 0.920 bits per heavy atom. The van der Waals surface area contributed by atoms with Crippen LogP contribution in [-0.2, 0) is 24.5 Å². The molecule has 2 rings (SSSR count). The molecule has 0 aromatic heterocycles. The van der Waals surface area contributed by atoms with Gasteiger partial charge in [-0.25, -0.2) is 0 Å². The molecule has 25 heavy (non-hydrogen) atoms. The Kier molecular flexibility index (Phi) is 7.02. The van der Waals surface area contributed by atoms with Gasteiger partial charge in [0, 0.05) is 19.1 Å². The Bertz CT molecular complexity index is 675. The lowest BCUT2D eigenvalue weighted by molar-refractivity contribution is 0.107. The highest BCUT2D eigenvalue weighted by Crippen LogP contribution is 2.09. The first kappa shape index (κ1) is 19.0. The van der Waals surface area contributed by atoms with Crippen molar-refractivity contribution in [3.05, 3.63) is 71.3 Å². The van der Waals surface area contributed by atoms with E-state index in [-0.39, 0.29) is 5.54 Å². The van der Waals surface area contributed by atoms with Crippen molar-refractivity contribution in [3.63, 3.8) is 0 Å². The zero-order chi connectivity index (χ0) is 18.1. The van der Waals surface area contributed by atoms with Gasteiger partial charge in [-0.05, 0) is 37.5 Å². The first-order valence-electron chi connectivity index (χ1n) is 8.64. The molecule has 0 unspecified atom stereocenters. The average Bonchev–Trinajstić information content (AvgIpc) is 2.59. The highest BCUT2D eigenvalue weighted by Gasteiger charge is 2.11. The maximum absolute atomic E-state index is 5.82. The van der Waals surface area contributed by atoms with Crippen molar-refractivity contribution in [3.8, 4) is 0 Å². The summed E-state index contributed by atoms with van der Waals surface area (Å²) in [5, 5.41) is 6.71. The van der Waals surface area contributed by atoms with Gasteiger partial charge in [0.05, 0.1) is 13.2 Å². The van der Waals surface area contributed by atoms with Crippen LogP contribution in [0.3, 0.4) is 0 Å². The monoisotopic (exact) mass is 339 g/mol. The van der Waals surface area contributed by atoms with Gasteiger partial charge in [0.2, 0.25) is 0 Å². The molecule has 0 aliphatic heterocycles. The number of ether oxygens (including phenoxy) is 1. The van der Waals surface area contributed by atoms with Crippen molar-refractivity contribution in [2.24, 2.45) is 4.99 Å². The number of hydrogen-bond donors (Lipinski definition) is 2. The number of nitrogens with one attached hydrogen (secondary N) is 2. The zero-order valence-electron chi connectivity index (χ0n) is 15.7. The molecule has 2 N–H and O–H groups in total. The lowest BCUT2D eigenvalue weighted by Crippen LogP contribution is -2.47. The predicted molar refractivity (Wildman–Crippen MR) is 104 cm³/mol. The fourth-order valence-corrected chi connectivity index (χ4v) is 2.41. The van der Waals surface area contributed by atoms with Gasteiger partial charge < -0.3 is 15.4 Å². The van der Waals surface area contributed by atoms with Crippen LogP contribution in [0, 0.1) is 0 Å². The van der Waals surface area contributed by atoms with Gasteiger partial charge in [-0.3, -0.25) is 4.99 Å². The van der Waals surface area contributed by atoms with Crippen LogP contribution in [0.5, 0.6) is 0 Å². The van der Waals surface area contributed by atoms with Crippen LogP contribution in [-0.4, -0.2) is 18.5 Å². The van der Waals surface area contributed by atoms with Crippen molar-refractivity contribution < 1.29 is 4.74 Å². The van der Waals surface area contributed by atoms with Crippen LogP contribution in [0.1, 0.15) is 37.5 Å². The quantitative estimate of drug-likeness (QED) is 0.620. The second kappa shape index (κ2) is 9.23. The smallest absolute Gasteiger partial charge is 0.191 e. The third-order valence-electron chi connectivity index (χ3n) is 3.55. The average molecular weight is 339 g/mol. The van der Waals surface area contributed by atoms with Gasteiger partial charge >= 0.3 is 0 Å². The summed E-state index contributed by atoms with van der Waals surface area (Å²) >= 11 is 0. The van der Waals surface area contributed by atoms with E-state index in [9.17, 15) is 0 Å². The normalized spacial score (nSPS) is 12.1. The second-order valence-corrected chi connectivity index (χ2v) is 7.10. The fraction of sp³-hybridized carbons (Fsp3) is 0.381. The number of rotatable bonds is 6. The molecule has 0 saturated carbocycles. The van der Waals surface area contributed by atoms with E-state index in [0.717, 1.165) is 12.5 Å². The SMILES string of the molecule is CN=C(NCc1cccc(COCc2ccccc2)c1)NC(C)(C)C. The second-order valence-electron chi connectivity index (χ2n) is 7.10. The minimum Gasteiger partial charge on any atom is -0.372 e. The number of hydrogen-bond acceptors (Lipinski definition) is 2. The maximum Gasteiger partial charge on any atom is 0.191 e. The molecule has 0 heterocycles. The summed E-state index contributed by atoms with van der Waals surface area (Å²) in [6.45, 7) is 8.31. The molecule has 4 heteroatoms. The van der Waals surface area contributed by atoms with E-state index >= 15 is 0 Å². The topological polar surface area (TPSA) is 45.7 Å². The lowest BCUT2D eigenvalue weighted by atomic mass is 10.1. The van der Waals surface area contributed by atoms with Gasteiger partial charge in [-0.15, -0.1) is 0 Å². The number of aliphatic imine (C=N–C) groups is 1. The number of nitrogens with zero attached hydrogens (tertiary/aromatic N) is 1. The van der Waals surface area contributed by atoms with Gasteiger partial charge in [-0.1, -0.05) is 54.6 Å². The molecule has 0 aliphatic carbocycles. The molecule has 2 aromatic carbocycles. The van der Waals surface area contributed by atoms with Gasteiger partial charge in [0.25, 0.3) is 0 Å². The van der Waals surface area contributed by atoms with Crippen LogP contribution in [0.4, 0.5) is 0 Å². The minimum atomic E-state index is -0.0189. The van der Waals surface area contributed by atoms with Crippen LogP contribution in [0.25, 0.3) is 0 Å². The maximum atomic E-state index is 5.82. The molecule has 4 nitrogen and oxygen atoms in total. The zero-order valence-corrected chi connectivity index (χ0v) is 15.7. The number of guanidine groups is 1. The molecule has 0 bridgehead atoms. The van der Waals surface area contributed by atoms with Crippen LogP contribution < -0.4 is 10.6 Å². The number of benzene rings is 2. The van der Waals surface area contributed by atoms with Crippen molar-refractivity contribution in [2.45, 2.75) is 46.1 Å². The van der Waals surface area contributed by atoms with Crippen molar-refractivity contribution in [2.75, 3.05) is 7.05 Å². The van der Waals surface area contributed by atoms with Crippen LogP contribution in [0.15, 0.2) is 59.6 Å². The largest absolute Gasteiger partial charge is 0.372 e. The predicted octanol–water partition coefficient (Wildman–Crippen LogP) is 3.87. The Labute approximate surface area is 151 Å². The summed E-state index contributed by atoms with van der Waals surface area (Å²) in [7, 11) is 1.79. The Balaban J connectivity index is 1.84.